The van der Waals surface area contributed by atoms with Crippen LogP contribution in [0.15, 0.2) is 24.5 Å². The molecule has 1 saturated heterocycles. The van der Waals surface area contributed by atoms with Crippen molar-refractivity contribution in [2.24, 2.45) is 7.05 Å². The van der Waals surface area contributed by atoms with Crippen molar-refractivity contribution < 1.29 is 18.1 Å². The van der Waals surface area contributed by atoms with Gasteiger partial charge in [0.1, 0.15) is 0 Å². The number of urea groups is 1. The van der Waals surface area contributed by atoms with Gasteiger partial charge in [0.05, 0.1) is 18.8 Å². The van der Waals surface area contributed by atoms with E-state index in [-0.39, 0.29) is 17.6 Å². The van der Waals surface area contributed by atoms with Gasteiger partial charge in [-0.2, -0.15) is 10.2 Å². The normalized spacial score (nSPS) is 18.4. The number of carbonyl (C=O) groups is 1. The van der Waals surface area contributed by atoms with Crippen molar-refractivity contribution in [3.63, 3.8) is 0 Å². The Morgan fingerprint density at radius 1 is 1.13 bits per heavy atom. The Labute approximate surface area is 225 Å². The molecule has 0 aliphatic carbocycles. The predicted octanol–water partition coefficient (Wildman–Crippen LogP) is 4.52. The number of fused-ring (bicyclic) bond motifs is 2. The summed E-state index contributed by atoms with van der Waals surface area (Å²) in [4.78, 5) is 16.3. The number of nitrogens with zero attached hydrogens (tertiary/aromatic N) is 7. The molecule has 0 unspecified atom stereocenters. The predicted molar refractivity (Wildman–Crippen MR) is 141 cm³/mol. The molecule has 0 atom stereocenters. The maximum atomic E-state index is 14.4. The van der Waals surface area contributed by atoms with Crippen LogP contribution in [0.1, 0.15) is 54.1 Å². The first-order chi connectivity index (χ1) is 18.8. The minimum atomic E-state index is -2.66. The third-order valence-corrected chi connectivity index (χ3v) is 8.20. The first-order valence-corrected chi connectivity index (χ1v) is 13.5. The highest BCUT2D eigenvalue weighted by Crippen LogP contribution is 2.43. The van der Waals surface area contributed by atoms with E-state index in [1.54, 1.807) is 42.1 Å². The van der Waals surface area contributed by atoms with Gasteiger partial charge in [-0.1, -0.05) is 0 Å². The maximum Gasteiger partial charge on any atom is 0.317 e. The van der Waals surface area contributed by atoms with E-state index in [2.05, 4.69) is 10.4 Å². The highest BCUT2D eigenvalue weighted by atomic mass is 19.3. The van der Waals surface area contributed by atoms with E-state index < -0.39 is 6.43 Å². The third kappa shape index (κ3) is 4.64. The first-order valence-electron chi connectivity index (χ1n) is 13.5. The van der Waals surface area contributed by atoms with E-state index in [0.29, 0.717) is 68.9 Å². The Bertz CT molecular complexity index is 1380. The highest BCUT2D eigenvalue weighted by Gasteiger charge is 2.35. The van der Waals surface area contributed by atoms with Crippen LogP contribution in [-0.4, -0.2) is 68.8 Å². The van der Waals surface area contributed by atoms with Gasteiger partial charge >= 0.3 is 6.03 Å². The number of rotatable bonds is 4. The van der Waals surface area contributed by atoms with Gasteiger partial charge in [0, 0.05) is 81.0 Å². The van der Waals surface area contributed by atoms with E-state index in [4.69, 9.17) is 5.10 Å². The second-order valence-corrected chi connectivity index (χ2v) is 10.6. The minimum absolute atomic E-state index is 0.0377. The fourth-order valence-corrected chi connectivity index (χ4v) is 6.22. The molecular weight excluding hydrogens is 509 g/mol. The number of benzene rings is 1. The molecular formula is C27H33F3N8O. The van der Waals surface area contributed by atoms with Crippen LogP contribution < -0.4 is 10.2 Å². The summed E-state index contributed by atoms with van der Waals surface area (Å²) in [6.07, 6.45) is 4.24. The van der Waals surface area contributed by atoms with Crippen molar-refractivity contribution in [2.75, 3.05) is 38.1 Å². The third-order valence-electron chi connectivity index (χ3n) is 8.20. The van der Waals surface area contributed by atoms with Gasteiger partial charge in [0.25, 0.3) is 6.43 Å². The molecule has 1 N–H and O–H groups in total. The molecule has 208 valence electrons. The number of anilines is 2. The summed E-state index contributed by atoms with van der Waals surface area (Å²) in [5.41, 5.74) is 4.82. The molecule has 12 heteroatoms. The zero-order valence-corrected chi connectivity index (χ0v) is 22.2. The SMILES string of the molecule is CNC(=O)N1CCc2c(c(N3CCCc4cc(-c5cnn(C)c5)c(C(F)F)cc43)nn2C2CCN(F)CC2)C1. The van der Waals surface area contributed by atoms with Crippen molar-refractivity contribution >= 4 is 17.5 Å². The van der Waals surface area contributed by atoms with Gasteiger partial charge in [-0.15, -0.1) is 9.60 Å². The topological polar surface area (TPSA) is 74.5 Å². The summed E-state index contributed by atoms with van der Waals surface area (Å²) in [5, 5.41) is 12.8. The smallest absolute Gasteiger partial charge is 0.317 e. The minimum Gasteiger partial charge on any atom is -0.341 e. The lowest BCUT2D eigenvalue weighted by molar-refractivity contribution is -0.00842. The summed E-state index contributed by atoms with van der Waals surface area (Å²) < 4.78 is 46.2. The van der Waals surface area contributed by atoms with E-state index in [1.165, 1.54) is 0 Å². The Balaban J connectivity index is 1.45. The average molecular weight is 543 g/mol. The van der Waals surface area contributed by atoms with Gasteiger partial charge in [-0.25, -0.2) is 13.6 Å². The van der Waals surface area contributed by atoms with Crippen molar-refractivity contribution in [2.45, 2.75) is 51.1 Å². The Morgan fingerprint density at radius 2 is 1.92 bits per heavy atom. The number of hydrogen-bond donors (Lipinski definition) is 1. The Morgan fingerprint density at radius 3 is 2.62 bits per heavy atom. The van der Waals surface area contributed by atoms with Gasteiger partial charge in [-0.3, -0.25) is 9.36 Å². The fraction of sp³-hybridized carbons (Fsp3) is 0.519. The number of carbonyl (C=O) groups excluding carboxylic acids is 1. The molecule has 9 nitrogen and oxygen atoms in total. The Kier molecular flexibility index (Phi) is 6.74. The first kappa shape index (κ1) is 25.7. The van der Waals surface area contributed by atoms with Crippen LogP contribution in [0.4, 0.5) is 29.6 Å². The molecule has 1 fully saturated rings. The summed E-state index contributed by atoms with van der Waals surface area (Å²) in [6.45, 7) is 2.27. The number of alkyl halides is 2. The lowest BCUT2D eigenvalue weighted by Gasteiger charge is -2.33. The molecule has 3 aliphatic heterocycles. The summed E-state index contributed by atoms with van der Waals surface area (Å²) in [6, 6.07) is 3.37. The lowest BCUT2D eigenvalue weighted by Crippen LogP contribution is -2.42. The van der Waals surface area contributed by atoms with Gasteiger partial charge in [-0.05, 0) is 48.9 Å². The van der Waals surface area contributed by atoms with Gasteiger partial charge in [0.15, 0.2) is 5.82 Å². The van der Waals surface area contributed by atoms with E-state index in [0.717, 1.165) is 40.5 Å². The monoisotopic (exact) mass is 542 g/mol. The van der Waals surface area contributed by atoms with Gasteiger partial charge in [0.2, 0.25) is 0 Å². The largest absolute Gasteiger partial charge is 0.341 e. The summed E-state index contributed by atoms with van der Waals surface area (Å²) >= 11 is 0. The van der Waals surface area contributed by atoms with Crippen LogP contribution in [0.3, 0.4) is 0 Å². The zero-order valence-electron chi connectivity index (χ0n) is 22.2. The average Bonchev–Trinajstić information content (AvgIpc) is 3.55. The number of aryl methyl sites for hydroxylation is 2. The van der Waals surface area contributed by atoms with Crippen LogP contribution >= 0.6 is 0 Å². The quantitative estimate of drug-likeness (QED) is 0.491. The molecule has 3 aliphatic rings. The lowest BCUT2D eigenvalue weighted by atomic mass is 9.92. The van der Waals surface area contributed by atoms with Crippen molar-refractivity contribution in [1.82, 2.24) is 34.9 Å². The van der Waals surface area contributed by atoms with Crippen LogP contribution in [0.25, 0.3) is 11.1 Å². The summed E-state index contributed by atoms with van der Waals surface area (Å²) in [5.74, 6) is 0.705. The Hall–Kier alpha value is -3.54. The highest BCUT2D eigenvalue weighted by molar-refractivity contribution is 5.78. The molecule has 5 heterocycles. The zero-order chi connectivity index (χ0) is 27.3. The number of amides is 2. The maximum absolute atomic E-state index is 14.4. The summed E-state index contributed by atoms with van der Waals surface area (Å²) in [7, 11) is 3.38. The van der Waals surface area contributed by atoms with E-state index >= 15 is 0 Å². The molecule has 0 radical (unpaired) electrons. The second kappa shape index (κ2) is 10.2. The molecule has 0 spiro atoms. The number of nitrogens with one attached hydrogen (secondary N) is 1. The molecule has 2 amide bonds. The standard InChI is InChI=1S/C27H33F3N8O/c1-31-27(39)35-9-7-23-22(16-35)26(33-38(23)19-5-10-36(30)11-6-19)37-8-3-4-17-12-20(18-14-32-34(2)15-18)21(25(28)29)13-24(17)37/h12-15,19,25H,3-11,16H2,1-2H3,(H,31,39). The number of halogens is 3. The van der Waals surface area contributed by atoms with Gasteiger partial charge < -0.3 is 15.1 Å². The van der Waals surface area contributed by atoms with Crippen LogP contribution in [0.2, 0.25) is 0 Å². The molecule has 0 saturated carbocycles. The molecule has 39 heavy (non-hydrogen) atoms. The van der Waals surface area contributed by atoms with Crippen molar-refractivity contribution in [3.05, 3.63) is 46.9 Å². The number of piperidine rings is 1. The van der Waals surface area contributed by atoms with Crippen LogP contribution in [0, 0.1) is 0 Å². The molecule has 3 aromatic rings. The van der Waals surface area contributed by atoms with Crippen molar-refractivity contribution in [3.8, 4) is 11.1 Å². The number of hydrogen-bond acceptors (Lipinski definition) is 5. The molecule has 2 aromatic heterocycles. The molecule has 1 aromatic carbocycles. The fourth-order valence-electron chi connectivity index (χ4n) is 6.22. The second-order valence-electron chi connectivity index (χ2n) is 10.6. The number of aromatic nitrogens is 4. The van der Waals surface area contributed by atoms with Crippen LogP contribution in [-0.2, 0) is 26.4 Å². The van der Waals surface area contributed by atoms with E-state index in [9.17, 15) is 18.1 Å². The molecule has 6 rings (SSSR count). The van der Waals surface area contributed by atoms with E-state index in [1.807, 2.05) is 15.6 Å². The van der Waals surface area contributed by atoms with Crippen molar-refractivity contribution in [1.29, 1.82) is 0 Å². The van der Waals surface area contributed by atoms with Crippen LogP contribution in [0.5, 0.6) is 0 Å². The molecule has 0 bridgehead atoms.